The molecular formula is C25H25ClFNO5. The molecule has 2 aromatic carbocycles. The van der Waals surface area contributed by atoms with Crippen molar-refractivity contribution in [3.8, 4) is 11.5 Å². The normalized spacial score (nSPS) is 20.8. The van der Waals surface area contributed by atoms with Gasteiger partial charge in [-0.2, -0.15) is 0 Å². The number of ketones is 1. The van der Waals surface area contributed by atoms with Gasteiger partial charge in [-0.1, -0.05) is 43.0 Å². The predicted molar refractivity (Wildman–Crippen MR) is 122 cm³/mol. The first-order chi connectivity index (χ1) is 15.9. The monoisotopic (exact) mass is 473 g/mol. The predicted octanol–water partition coefficient (Wildman–Crippen LogP) is 5.25. The van der Waals surface area contributed by atoms with E-state index >= 15 is 0 Å². The second-order valence-electron chi connectivity index (χ2n) is 8.24. The Bertz CT molecular complexity index is 1110. The largest absolute Gasteiger partial charge is 0.507 e. The molecule has 1 heterocycles. The van der Waals surface area contributed by atoms with Crippen molar-refractivity contribution >= 4 is 29.1 Å². The number of halogens is 2. The smallest absolute Gasteiger partial charge is 0.295 e. The number of carbonyl (C=O) groups excluding carboxylic acids is 2. The van der Waals surface area contributed by atoms with Crippen molar-refractivity contribution in [3.05, 3.63) is 63.9 Å². The Morgan fingerprint density at radius 3 is 2.27 bits per heavy atom. The number of amides is 1. The zero-order valence-corrected chi connectivity index (χ0v) is 19.2. The summed E-state index contributed by atoms with van der Waals surface area (Å²) in [7, 11) is 2.84. The van der Waals surface area contributed by atoms with E-state index in [9.17, 15) is 19.1 Å². The lowest BCUT2D eigenvalue weighted by atomic mass is 9.91. The molecule has 4 rings (SSSR count). The van der Waals surface area contributed by atoms with Crippen LogP contribution in [0.3, 0.4) is 0 Å². The summed E-state index contributed by atoms with van der Waals surface area (Å²) in [5.41, 5.74) is 0.648. The molecule has 174 valence electrons. The fraction of sp³-hybridized carbons (Fsp3) is 0.360. The van der Waals surface area contributed by atoms with E-state index in [0.717, 1.165) is 32.1 Å². The quantitative estimate of drug-likeness (QED) is 0.364. The van der Waals surface area contributed by atoms with Gasteiger partial charge in [0.15, 0.2) is 0 Å². The lowest BCUT2D eigenvalue weighted by Gasteiger charge is -2.35. The SMILES string of the molecule is COc1cc(/C(O)=C2\C(=O)C(=O)N(C3CCCCC3)C2c2ccc(F)cc2)c(OC)cc1Cl. The molecule has 0 bridgehead atoms. The Kier molecular flexibility index (Phi) is 6.61. The van der Waals surface area contributed by atoms with Crippen LogP contribution < -0.4 is 9.47 Å². The van der Waals surface area contributed by atoms with Gasteiger partial charge < -0.3 is 19.5 Å². The van der Waals surface area contributed by atoms with Crippen LogP contribution in [0.4, 0.5) is 4.39 Å². The van der Waals surface area contributed by atoms with Gasteiger partial charge in [-0.25, -0.2) is 4.39 Å². The highest BCUT2D eigenvalue weighted by molar-refractivity contribution is 6.46. The van der Waals surface area contributed by atoms with Gasteiger partial charge >= 0.3 is 0 Å². The van der Waals surface area contributed by atoms with E-state index in [1.54, 1.807) is 4.90 Å². The Hall–Kier alpha value is -3.06. The number of aliphatic hydroxyl groups excluding tert-OH is 1. The van der Waals surface area contributed by atoms with Crippen LogP contribution in [0.15, 0.2) is 42.0 Å². The van der Waals surface area contributed by atoms with Gasteiger partial charge in [0, 0.05) is 12.1 Å². The summed E-state index contributed by atoms with van der Waals surface area (Å²) < 4.78 is 24.3. The average Bonchev–Trinajstić information content (AvgIpc) is 3.09. The first kappa shape index (κ1) is 23.1. The maximum Gasteiger partial charge on any atom is 0.295 e. The summed E-state index contributed by atoms with van der Waals surface area (Å²) in [4.78, 5) is 28.0. The number of benzene rings is 2. The Balaban J connectivity index is 1.93. The molecule has 1 unspecified atom stereocenters. The van der Waals surface area contributed by atoms with Crippen LogP contribution in [0.5, 0.6) is 11.5 Å². The third-order valence-corrected chi connectivity index (χ3v) is 6.66. The topological polar surface area (TPSA) is 76.1 Å². The Morgan fingerprint density at radius 1 is 1.03 bits per heavy atom. The van der Waals surface area contributed by atoms with Crippen LogP contribution >= 0.6 is 11.6 Å². The van der Waals surface area contributed by atoms with E-state index in [1.807, 2.05) is 0 Å². The lowest BCUT2D eigenvalue weighted by Crippen LogP contribution is -2.40. The highest BCUT2D eigenvalue weighted by Crippen LogP contribution is 2.45. The molecule has 2 fully saturated rings. The van der Waals surface area contributed by atoms with Crippen molar-refractivity contribution < 1.29 is 28.6 Å². The van der Waals surface area contributed by atoms with Crippen molar-refractivity contribution in [2.75, 3.05) is 14.2 Å². The number of methoxy groups -OCH3 is 2. The van der Waals surface area contributed by atoms with Gasteiger partial charge in [0.1, 0.15) is 23.1 Å². The number of ether oxygens (including phenoxy) is 2. The van der Waals surface area contributed by atoms with Crippen LogP contribution in [0.2, 0.25) is 5.02 Å². The van der Waals surface area contributed by atoms with Crippen LogP contribution in [-0.4, -0.2) is 42.0 Å². The number of nitrogens with zero attached hydrogens (tertiary/aromatic N) is 1. The molecule has 2 aliphatic rings. The van der Waals surface area contributed by atoms with E-state index in [4.69, 9.17) is 21.1 Å². The third kappa shape index (κ3) is 4.17. The molecule has 0 radical (unpaired) electrons. The third-order valence-electron chi connectivity index (χ3n) is 6.36. The molecule has 1 saturated carbocycles. The summed E-state index contributed by atoms with van der Waals surface area (Å²) >= 11 is 6.19. The Labute approximate surface area is 196 Å². The highest BCUT2D eigenvalue weighted by atomic mass is 35.5. The number of likely N-dealkylation sites (tertiary alicyclic amines) is 1. The summed E-state index contributed by atoms with van der Waals surface area (Å²) in [6, 6.07) is 7.58. The summed E-state index contributed by atoms with van der Waals surface area (Å²) in [5.74, 6) is -1.79. The van der Waals surface area contributed by atoms with Gasteiger partial charge in [0.05, 0.1) is 36.4 Å². The summed E-state index contributed by atoms with van der Waals surface area (Å²) in [6.45, 7) is 0. The first-order valence-corrected chi connectivity index (χ1v) is 11.2. The van der Waals surface area contributed by atoms with E-state index in [0.29, 0.717) is 5.56 Å². The van der Waals surface area contributed by atoms with Gasteiger partial charge in [-0.3, -0.25) is 9.59 Å². The summed E-state index contributed by atoms with van der Waals surface area (Å²) in [5, 5.41) is 11.6. The number of aliphatic hydroxyl groups is 1. The molecule has 0 aromatic heterocycles. The van der Waals surface area contributed by atoms with Crippen LogP contribution in [-0.2, 0) is 9.59 Å². The molecule has 1 amide bonds. The lowest BCUT2D eigenvalue weighted by molar-refractivity contribution is -0.141. The highest BCUT2D eigenvalue weighted by Gasteiger charge is 2.49. The zero-order valence-electron chi connectivity index (χ0n) is 18.4. The van der Waals surface area contributed by atoms with Gasteiger partial charge in [-0.15, -0.1) is 0 Å². The minimum atomic E-state index is -0.847. The Morgan fingerprint density at radius 2 is 1.67 bits per heavy atom. The fourth-order valence-corrected chi connectivity index (χ4v) is 4.98. The van der Waals surface area contributed by atoms with Crippen molar-refractivity contribution in [2.24, 2.45) is 0 Å². The maximum atomic E-state index is 13.7. The fourth-order valence-electron chi connectivity index (χ4n) is 4.75. The number of hydrogen-bond donors (Lipinski definition) is 1. The standard InChI is InChI=1S/C25H25ClFNO5/c1-32-19-13-18(26)20(33-2)12-17(19)23(29)21-22(14-8-10-15(27)11-9-14)28(25(31)24(21)30)16-6-4-3-5-7-16/h8-13,16,22,29H,3-7H2,1-2H3/b23-21+. The number of rotatable bonds is 5. The molecule has 0 spiro atoms. The minimum absolute atomic E-state index is 0.0696. The van der Waals surface area contributed by atoms with Gasteiger partial charge in [-0.05, 0) is 36.6 Å². The van der Waals surface area contributed by atoms with E-state index in [1.165, 1.54) is 50.6 Å². The van der Waals surface area contributed by atoms with Crippen LogP contribution in [0, 0.1) is 5.82 Å². The second-order valence-corrected chi connectivity index (χ2v) is 8.64. The molecule has 1 N–H and O–H groups in total. The molecule has 1 saturated heterocycles. The molecule has 2 aromatic rings. The molecule has 1 atom stereocenters. The van der Waals surface area contributed by atoms with Crippen LogP contribution in [0.1, 0.15) is 49.3 Å². The molecule has 1 aliphatic carbocycles. The van der Waals surface area contributed by atoms with Gasteiger partial charge in [0.2, 0.25) is 0 Å². The van der Waals surface area contributed by atoms with E-state index < -0.39 is 29.3 Å². The minimum Gasteiger partial charge on any atom is -0.507 e. The number of hydrogen-bond acceptors (Lipinski definition) is 5. The van der Waals surface area contributed by atoms with Crippen molar-refractivity contribution in [1.82, 2.24) is 4.90 Å². The summed E-state index contributed by atoms with van der Waals surface area (Å²) in [6.07, 6.45) is 4.51. The van der Waals surface area contributed by atoms with Crippen molar-refractivity contribution in [3.63, 3.8) is 0 Å². The zero-order chi connectivity index (χ0) is 23.7. The average molecular weight is 474 g/mol. The second kappa shape index (κ2) is 9.43. The first-order valence-electron chi connectivity index (χ1n) is 10.8. The van der Waals surface area contributed by atoms with Crippen molar-refractivity contribution in [2.45, 2.75) is 44.2 Å². The maximum absolute atomic E-state index is 13.7. The molecule has 6 nitrogen and oxygen atoms in total. The van der Waals surface area contributed by atoms with Crippen LogP contribution in [0.25, 0.3) is 5.76 Å². The van der Waals surface area contributed by atoms with Gasteiger partial charge in [0.25, 0.3) is 11.7 Å². The van der Waals surface area contributed by atoms with Crippen molar-refractivity contribution in [1.29, 1.82) is 0 Å². The molecule has 1 aliphatic heterocycles. The number of Topliss-reactive ketones (excluding diaryl/α,β-unsaturated/α-hetero) is 1. The molecular weight excluding hydrogens is 449 g/mol. The molecule has 33 heavy (non-hydrogen) atoms. The van der Waals surface area contributed by atoms with E-state index in [2.05, 4.69) is 0 Å². The molecule has 8 heteroatoms. The van der Waals surface area contributed by atoms with E-state index in [-0.39, 0.29) is 33.7 Å². The number of carbonyl (C=O) groups is 2.